The molecule has 0 amide bonds. The molecule has 36 heavy (non-hydrogen) atoms. The number of aromatic nitrogens is 4. The Morgan fingerprint density at radius 1 is 1.03 bits per heavy atom. The number of carbonyl (C=O) groups is 1. The number of carbonyl (C=O) groups excluding carboxylic acids is 1. The lowest BCUT2D eigenvalue weighted by Gasteiger charge is -2.19. The Kier molecular flexibility index (Phi) is 7.52. The van der Waals surface area contributed by atoms with Crippen LogP contribution in [0.15, 0.2) is 54.7 Å². The van der Waals surface area contributed by atoms with E-state index in [-0.39, 0.29) is 0 Å². The van der Waals surface area contributed by atoms with E-state index in [0.29, 0.717) is 24.0 Å². The monoisotopic (exact) mass is 488 g/mol. The van der Waals surface area contributed by atoms with E-state index >= 15 is 0 Å². The first kappa shape index (κ1) is 25.2. The smallest absolute Gasteiger partial charge is 0.467 e. The summed E-state index contributed by atoms with van der Waals surface area (Å²) in [6.07, 6.45) is 4.03. The number of aryl methyl sites for hydroxylation is 1. The first-order chi connectivity index (χ1) is 17.3. The predicted molar refractivity (Wildman–Crippen MR) is 138 cm³/mol. The van der Waals surface area contributed by atoms with Crippen LogP contribution in [0, 0.1) is 0 Å². The normalized spacial score (nSPS) is 11.5. The largest absolute Gasteiger partial charge is 0.514 e. The summed E-state index contributed by atoms with van der Waals surface area (Å²) in [5, 5.41) is 0. The van der Waals surface area contributed by atoms with E-state index in [0.717, 1.165) is 47.3 Å². The summed E-state index contributed by atoms with van der Waals surface area (Å²) in [4.78, 5) is 25.7. The van der Waals surface area contributed by atoms with Crippen LogP contribution >= 0.6 is 0 Å². The third-order valence-corrected chi connectivity index (χ3v) is 5.58. The van der Waals surface area contributed by atoms with Crippen molar-refractivity contribution in [3.05, 3.63) is 66.1 Å². The molecule has 0 atom stereocenters. The molecule has 0 unspecified atom stereocenters. The summed E-state index contributed by atoms with van der Waals surface area (Å²) in [5.74, 6) is 1.43. The third-order valence-electron chi connectivity index (χ3n) is 5.58. The summed E-state index contributed by atoms with van der Waals surface area (Å²) in [5.41, 5.74) is 3.74. The number of nitrogens with zero attached hydrogens (tertiary/aromatic N) is 4. The van der Waals surface area contributed by atoms with E-state index in [9.17, 15) is 4.79 Å². The molecule has 2 aromatic heterocycles. The molecule has 0 fully saturated rings. The Morgan fingerprint density at radius 2 is 1.78 bits per heavy atom. The maximum atomic E-state index is 12.2. The van der Waals surface area contributed by atoms with Crippen LogP contribution in [-0.2, 0) is 17.7 Å². The first-order valence-electron chi connectivity index (χ1n) is 12.1. The second-order valence-electron chi connectivity index (χ2n) is 9.54. The van der Waals surface area contributed by atoms with E-state index in [2.05, 4.69) is 33.6 Å². The van der Waals surface area contributed by atoms with Crippen molar-refractivity contribution < 1.29 is 19.0 Å². The zero-order valence-corrected chi connectivity index (χ0v) is 21.4. The Hall–Kier alpha value is -3.94. The highest BCUT2D eigenvalue weighted by Gasteiger charge is 2.20. The van der Waals surface area contributed by atoms with Crippen LogP contribution in [0.5, 0.6) is 11.8 Å². The molecule has 8 heteroatoms. The van der Waals surface area contributed by atoms with Crippen molar-refractivity contribution in [2.45, 2.75) is 59.1 Å². The maximum Gasteiger partial charge on any atom is 0.514 e. The van der Waals surface area contributed by atoms with Crippen LogP contribution in [0.3, 0.4) is 0 Å². The number of para-hydroxylation sites is 1. The number of hydrogen-bond acceptors (Lipinski definition) is 7. The SMILES string of the molecule is CCCCc1nc2nc(OC)ncc2n1Cc1ccc(-c2ccccc2OC(=O)OC(C)(C)C)cc1. The van der Waals surface area contributed by atoms with Gasteiger partial charge in [0.25, 0.3) is 0 Å². The zero-order valence-electron chi connectivity index (χ0n) is 21.4. The highest BCUT2D eigenvalue weighted by Crippen LogP contribution is 2.31. The van der Waals surface area contributed by atoms with Gasteiger partial charge in [-0.3, -0.25) is 0 Å². The van der Waals surface area contributed by atoms with Gasteiger partial charge in [-0.1, -0.05) is 55.8 Å². The van der Waals surface area contributed by atoms with Crippen molar-refractivity contribution in [3.63, 3.8) is 0 Å². The number of imidazole rings is 1. The molecule has 188 valence electrons. The lowest BCUT2D eigenvalue weighted by Crippen LogP contribution is -2.26. The number of ether oxygens (including phenoxy) is 3. The summed E-state index contributed by atoms with van der Waals surface area (Å²) < 4.78 is 18.2. The van der Waals surface area contributed by atoms with E-state index < -0.39 is 11.8 Å². The number of unbranched alkanes of at least 4 members (excludes halogenated alkanes) is 1. The fourth-order valence-corrected chi connectivity index (χ4v) is 3.87. The van der Waals surface area contributed by atoms with Gasteiger partial charge in [0, 0.05) is 18.5 Å². The van der Waals surface area contributed by atoms with E-state index in [1.165, 1.54) is 0 Å². The Balaban J connectivity index is 1.59. The molecule has 0 saturated heterocycles. The highest BCUT2D eigenvalue weighted by molar-refractivity contribution is 5.75. The summed E-state index contributed by atoms with van der Waals surface area (Å²) in [6, 6.07) is 15.9. The molecule has 4 aromatic rings. The molecule has 0 aliphatic carbocycles. The quantitative estimate of drug-likeness (QED) is 0.215. The van der Waals surface area contributed by atoms with Crippen molar-refractivity contribution >= 4 is 17.3 Å². The van der Waals surface area contributed by atoms with E-state index in [1.54, 1.807) is 40.1 Å². The molecular weight excluding hydrogens is 456 g/mol. The van der Waals surface area contributed by atoms with Gasteiger partial charge in [0.15, 0.2) is 5.65 Å². The molecule has 2 aromatic carbocycles. The minimum absolute atomic E-state index is 0.311. The molecule has 0 saturated carbocycles. The van der Waals surface area contributed by atoms with Gasteiger partial charge >= 0.3 is 12.2 Å². The van der Waals surface area contributed by atoms with Crippen LogP contribution in [0.2, 0.25) is 0 Å². The second kappa shape index (κ2) is 10.8. The van der Waals surface area contributed by atoms with Gasteiger partial charge in [0.05, 0.1) is 13.3 Å². The van der Waals surface area contributed by atoms with Crippen LogP contribution in [0.4, 0.5) is 4.79 Å². The zero-order chi connectivity index (χ0) is 25.7. The Labute approximate surface area is 211 Å². The minimum atomic E-state index is -0.725. The molecule has 0 radical (unpaired) electrons. The van der Waals surface area contributed by atoms with Gasteiger partial charge < -0.3 is 18.8 Å². The van der Waals surface area contributed by atoms with Crippen LogP contribution in [-0.4, -0.2) is 38.4 Å². The maximum absolute atomic E-state index is 12.2. The average molecular weight is 489 g/mol. The fourth-order valence-electron chi connectivity index (χ4n) is 3.87. The van der Waals surface area contributed by atoms with Gasteiger partial charge in [-0.2, -0.15) is 4.98 Å². The van der Waals surface area contributed by atoms with Crippen molar-refractivity contribution in [1.82, 2.24) is 19.5 Å². The molecule has 0 N–H and O–H groups in total. The molecule has 0 aliphatic heterocycles. The van der Waals surface area contributed by atoms with Crippen LogP contribution in [0.25, 0.3) is 22.3 Å². The number of methoxy groups -OCH3 is 1. The van der Waals surface area contributed by atoms with Crippen molar-refractivity contribution in [3.8, 4) is 22.9 Å². The molecular formula is C28H32N4O4. The van der Waals surface area contributed by atoms with Crippen molar-refractivity contribution in [2.24, 2.45) is 0 Å². The standard InChI is InChI=1S/C28H32N4O4/c1-6-7-12-24-30-25-22(17-29-26(31-25)34-5)32(24)18-19-13-15-20(16-14-19)21-10-8-9-11-23(21)35-27(33)36-28(2,3)4/h8-11,13-17H,6-7,12,18H2,1-5H3. The van der Waals surface area contributed by atoms with Gasteiger partial charge in [-0.05, 0) is 44.4 Å². The predicted octanol–water partition coefficient (Wildman–Crippen LogP) is 6.21. The lowest BCUT2D eigenvalue weighted by atomic mass is 10.0. The molecule has 8 nitrogen and oxygen atoms in total. The summed E-state index contributed by atoms with van der Waals surface area (Å²) in [7, 11) is 1.55. The van der Waals surface area contributed by atoms with Gasteiger partial charge in [0.2, 0.25) is 0 Å². The Bertz CT molecular complexity index is 1340. The molecule has 4 rings (SSSR count). The van der Waals surface area contributed by atoms with Gasteiger partial charge in [-0.15, -0.1) is 0 Å². The average Bonchev–Trinajstić information content (AvgIpc) is 3.18. The Morgan fingerprint density at radius 3 is 2.47 bits per heavy atom. The van der Waals surface area contributed by atoms with Crippen molar-refractivity contribution in [2.75, 3.05) is 7.11 Å². The number of hydrogen-bond donors (Lipinski definition) is 0. The van der Waals surface area contributed by atoms with E-state index in [1.807, 2.05) is 30.3 Å². The molecule has 0 bridgehead atoms. The number of benzene rings is 2. The summed E-state index contributed by atoms with van der Waals surface area (Å²) in [6.45, 7) is 8.22. The topological polar surface area (TPSA) is 88.4 Å². The van der Waals surface area contributed by atoms with Crippen LogP contribution < -0.4 is 9.47 Å². The summed E-state index contributed by atoms with van der Waals surface area (Å²) >= 11 is 0. The van der Waals surface area contributed by atoms with Gasteiger partial charge in [0.1, 0.15) is 22.7 Å². The molecule has 2 heterocycles. The van der Waals surface area contributed by atoms with Crippen LogP contribution in [0.1, 0.15) is 51.9 Å². The third kappa shape index (κ3) is 6.00. The number of fused-ring (bicyclic) bond motifs is 1. The molecule has 0 aliphatic rings. The highest BCUT2D eigenvalue weighted by atomic mass is 16.7. The molecule has 0 spiro atoms. The second-order valence-corrected chi connectivity index (χ2v) is 9.54. The van der Waals surface area contributed by atoms with Crippen molar-refractivity contribution in [1.29, 1.82) is 0 Å². The first-order valence-corrected chi connectivity index (χ1v) is 12.1. The minimum Gasteiger partial charge on any atom is -0.467 e. The fraction of sp³-hybridized carbons (Fsp3) is 0.357. The van der Waals surface area contributed by atoms with E-state index in [4.69, 9.17) is 19.2 Å². The number of rotatable bonds is 8. The van der Waals surface area contributed by atoms with Gasteiger partial charge in [-0.25, -0.2) is 14.8 Å². The lowest BCUT2D eigenvalue weighted by molar-refractivity contribution is 0.0207.